The number of benzene rings is 1. The van der Waals surface area contributed by atoms with Crippen molar-refractivity contribution >= 4 is 15.7 Å². The lowest BCUT2D eigenvalue weighted by Gasteiger charge is -2.22. The summed E-state index contributed by atoms with van der Waals surface area (Å²) < 4.78 is 37.5. The van der Waals surface area contributed by atoms with Crippen molar-refractivity contribution in [1.82, 2.24) is 0 Å². The molecule has 0 fully saturated rings. The van der Waals surface area contributed by atoms with Gasteiger partial charge in [0.2, 0.25) is 10.0 Å². The van der Waals surface area contributed by atoms with Crippen molar-refractivity contribution in [2.75, 3.05) is 17.6 Å². The Morgan fingerprint density at radius 3 is 2.31 bits per heavy atom. The van der Waals surface area contributed by atoms with E-state index in [-0.39, 0.29) is 11.6 Å². The Morgan fingerprint density at radius 1 is 1.31 bits per heavy atom. The first-order chi connectivity index (χ1) is 7.25. The molecule has 1 aromatic rings. The van der Waals surface area contributed by atoms with E-state index in [2.05, 4.69) is 0 Å². The van der Waals surface area contributed by atoms with Gasteiger partial charge in [0.1, 0.15) is 5.82 Å². The lowest BCUT2D eigenvalue weighted by molar-refractivity contribution is 0.593. The SMILES string of the molecule is CC(C)c1cccc(F)c1N(C)S(C)(=O)=O. The van der Waals surface area contributed by atoms with E-state index >= 15 is 0 Å². The predicted molar refractivity (Wildman–Crippen MR) is 63.7 cm³/mol. The van der Waals surface area contributed by atoms with Gasteiger partial charge in [-0.15, -0.1) is 0 Å². The second-order valence-electron chi connectivity index (χ2n) is 4.06. The minimum atomic E-state index is -3.44. The Balaban J connectivity index is 3.42. The minimum Gasteiger partial charge on any atom is -0.270 e. The molecule has 0 aliphatic carbocycles. The Kier molecular flexibility index (Phi) is 3.57. The van der Waals surface area contributed by atoms with Gasteiger partial charge in [0, 0.05) is 7.05 Å². The van der Waals surface area contributed by atoms with Gasteiger partial charge in [-0.1, -0.05) is 26.0 Å². The van der Waals surface area contributed by atoms with Gasteiger partial charge in [-0.25, -0.2) is 12.8 Å². The largest absolute Gasteiger partial charge is 0.270 e. The van der Waals surface area contributed by atoms with Gasteiger partial charge in [-0.2, -0.15) is 0 Å². The number of nitrogens with zero attached hydrogens (tertiary/aromatic N) is 1. The highest BCUT2D eigenvalue weighted by molar-refractivity contribution is 7.92. The second kappa shape index (κ2) is 4.41. The van der Waals surface area contributed by atoms with Crippen molar-refractivity contribution in [3.63, 3.8) is 0 Å². The Hall–Kier alpha value is -1.10. The fourth-order valence-corrected chi connectivity index (χ4v) is 2.02. The van der Waals surface area contributed by atoms with Gasteiger partial charge in [0.05, 0.1) is 11.9 Å². The molecule has 0 amide bonds. The van der Waals surface area contributed by atoms with Gasteiger partial charge in [-0.05, 0) is 17.5 Å². The molecule has 16 heavy (non-hydrogen) atoms. The molecule has 0 unspecified atom stereocenters. The first-order valence-corrected chi connectivity index (χ1v) is 6.82. The van der Waals surface area contributed by atoms with Crippen LogP contribution in [0, 0.1) is 5.82 Å². The van der Waals surface area contributed by atoms with Gasteiger partial charge in [0.25, 0.3) is 0 Å². The molecule has 0 saturated heterocycles. The predicted octanol–water partition coefficient (Wildman–Crippen LogP) is 2.34. The van der Waals surface area contributed by atoms with Crippen LogP contribution >= 0.6 is 0 Å². The third kappa shape index (κ3) is 2.52. The van der Waals surface area contributed by atoms with E-state index in [4.69, 9.17) is 0 Å². The highest BCUT2D eigenvalue weighted by Gasteiger charge is 2.20. The zero-order chi connectivity index (χ0) is 12.5. The van der Waals surface area contributed by atoms with E-state index < -0.39 is 15.8 Å². The molecule has 3 nitrogen and oxygen atoms in total. The van der Waals surface area contributed by atoms with Crippen LogP contribution in [0.4, 0.5) is 10.1 Å². The number of hydrogen-bond acceptors (Lipinski definition) is 2. The quantitative estimate of drug-likeness (QED) is 0.819. The summed E-state index contributed by atoms with van der Waals surface area (Å²) in [6.45, 7) is 3.79. The Morgan fingerprint density at radius 2 is 1.88 bits per heavy atom. The van der Waals surface area contributed by atoms with Crippen LogP contribution in [0.1, 0.15) is 25.3 Å². The third-order valence-corrected chi connectivity index (χ3v) is 3.63. The highest BCUT2D eigenvalue weighted by atomic mass is 32.2. The van der Waals surface area contributed by atoms with Crippen LogP contribution in [0.2, 0.25) is 0 Å². The number of anilines is 1. The lowest BCUT2D eigenvalue weighted by Crippen LogP contribution is -2.27. The number of halogens is 1. The summed E-state index contributed by atoms with van der Waals surface area (Å²) in [5.41, 5.74) is 0.827. The van der Waals surface area contributed by atoms with Crippen molar-refractivity contribution < 1.29 is 12.8 Å². The summed E-state index contributed by atoms with van der Waals surface area (Å²) in [6.07, 6.45) is 1.06. The van der Waals surface area contributed by atoms with Crippen LogP contribution in [-0.4, -0.2) is 21.7 Å². The summed E-state index contributed by atoms with van der Waals surface area (Å²) in [6, 6.07) is 4.60. The Labute approximate surface area is 95.9 Å². The molecule has 90 valence electrons. The monoisotopic (exact) mass is 245 g/mol. The van der Waals surface area contributed by atoms with Crippen LogP contribution in [0.25, 0.3) is 0 Å². The average molecular weight is 245 g/mol. The zero-order valence-electron chi connectivity index (χ0n) is 9.86. The fourth-order valence-electron chi connectivity index (χ4n) is 1.50. The van der Waals surface area contributed by atoms with Crippen molar-refractivity contribution in [2.24, 2.45) is 0 Å². The van der Waals surface area contributed by atoms with Crippen LogP contribution in [0.15, 0.2) is 18.2 Å². The van der Waals surface area contributed by atoms with Crippen LogP contribution in [-0.2, 0) is 10.0 Å². The smallest absolute Gasteiger partial charge is 0.232 e. The molecular weight excluding hydrogens is 229 g/mol. The molecule has 0 heterocycles. The Bertz CT molecular complexity index is 483. The van der Waals surface area contributed by atoms with E-state index in [1.165, 1.54) is 13.1 Å². The molecule has 0 aromatic heterocycles. The van der Waals surface area contributed by atoms with Crippen LogP contribution < -0.4 is 4.31 Å². The summed E-state index contributed by atoms with van der Waals surface area (Å²) in [4.78, 5) is 0. The van der Waals surface area contributed by atoms with Gasteiger partial charge in [0.15, 0.2) is 0 Å². The number of sulfonamides is 1. The molecule has 0 spiro atoms. The van der Waals surface area contributed by atoms with E-state index in [1.807, 2.05) is 13.8 Å². The van der Waals surface area contributed by atoms with Gasteiger partial charge >= 0.3 is 0 Å². The molecule has 0 radical (unpaired) electrons. The highest BCUT2D eigenvalue weighted by Crippen LogP contribution is 2.30. The van der Waals surface area contributed by atoms with E-state index in [0.717, 1.165) is 10.6 Å². The standard InChI is InChI=1S/C11H16FNO2S/c1-8(2)9-6-5-7-10(12)11(9)13(3)16(4,14)15/h5-8H,1-4H3. The van der Waals surface area contributed by atoms with Gasteiger partial charge in [-0.3, -0.25) is 4.31 Å². The summed E-state index contributed by atoms with van der Waals surface area (Å²) in [7, 11) is -2.08. The van der Waals surface area contributed by atoms with Crippen molar-refractivity contribution in [3.8, 4) is 0 Å². The molecule has 0 N–H and O–H groups in total. The molecule has 5 heteroatoms. The van der Waals surface area contributed by atoms with E-state index in [1.54, 1.807) is 12.1 Å². The first-order valence-electron chi connectivity index (χ1n) is 4.97. The molecule has 0 atom stereocenters. The number of hydrogen-bond donors (Lipinski definition) is 0. The van der Waals surface area contributed by atoms with E-state index in [0.29, 0.717) is 5.56 Å². The topological polar surface area (TPSA) is 37.4 Å². The zero-order valence-corrected chi connectivity index (χ0v) is 10.7. The van der Waals surface area contributed by atoms with Crippen molar-refractivity contribution in [3.05, 3.63) is 29.6 Å². The minimum absolute atomic E-state index is 0.0647. The number of para-hydroxylation sites is 1. The maximum absolute atomic E-state index is 13.7. The third-order valence-electron chi connectivity index (χ3n) is 2.45. The normalized spacial score (nSPS) is 11.9. The maximum Gasteiger partial charge on any atom is 0.232 e. The molecule has 1 aromatic carbocycles. The molecule has 0 aliphatic heterocycles. The molecule has 0 saturated carbocycles. The maximum atomic E-state index is 13.7. The summed E-state index contributed by atoms with van der Waals surface area (Å²) >= 11 is 0. The van der Waals surface area contributed by atoms with Crippen LogP contribution in [0.5, 0.6) is 0 Å². The average Bonchev–Trinajstić information content (AvgIpc) is 2.14. The first kappa shape index (κ1) is 13.0. The molecule has 0 aliphatic rings. The summed E-state index contributed by atoms with van der Waals surface area (Å²) in [5.74, 6) is -0.450. The van der Waals surface area contributed by atoms with Gasteiger partial charge < -0.3 is 0 Å². The molecular formula is C11H16FNO2S. The molecule has 1 rings (SSSR count). The number of rotatable bonds is 3. The van der Waals surface area contributed by atoms with E-state index in [9.17, 15) is 12.8 Å². The van der Waals surface area contributed by atoms with Crippen molar-refractivity contribution in [2.45, 2.75) is 19.8 Å². The fraction of sp³-hybridized carbons (Fsp3) is 0.455. The molecule has 0 bridgehead atoms. The lowest BCUT2D eigenvalue weighted by atomic mass is 10.0. The second-order valence-corrected chi connectivity index (χ2v) is 6.08. The summed E-state index contributed by atoms with van der Waals surface area (Å²) in [5, 5.41) is 0. The van der Waals surface area contributed by atoms with Crippen LogP contribution in [0.3, 0.4) is 0 Å². The van der Waals surface area contributed by atoms with Crippen molar-refractivity contribution in [1.29, 1.82) is 0 Å².